The molecule has 2 aliphatic rings. The standard InChI is InChI=1S/C15H21N3O2/c19-10-11-5-8-18(9-6-11)14-13(2-1-7-16-14)17-15(20)12-3-4-12/h1-2,7,11-12,19H,3-6,8-10H2,(H,17,20). The van der Waals surface area contributed by atoms with E-state index in [2.05, 4.69) is 15.2 Å². The van der Waals surface area contributed by atoms with Crippen molar-refractivity contribution in [3.63, 3.8) is 0 Å². The van der Waals surface area contributed by atoms with Gasteiger partial charge in [0.1, 0.15) is 0 Å². The van der Waals surface area contributed by atoms with Crippen molar-refractivity contribution in [3.05, 3.63) is 18.3 Å². The Bertz CT molecular complexity index is 480. The molecule has 0 aromatic carbocycles. The normalized spacial score (nSPS) is 19.9. The van der Waals surface area contributed by atoms with Crippen LogP contribution in [0.5, 0.6) is 0 Å². The first-order valence-electron chi connectivity index (χ1n) is 7.39. The van der Waals surface area contributed by atoms with Crippen LogP contribution in [0.3, 0.4) is 0 Å². The van der Waals surface area contributed by atoms with Gasteiger partial charge >= 0.3 is 0 Å². The topological polar surface area (TPSA) is 65.5 Å². The van der Waals surface area contributed by atoms with E-state index in [-0.39, 0.29) is 18.4 Å². The van der Waals surface area contributed by atoms with E-state index >= 15 is 0 Å². The summed E-state index contributed by atoms with van der Waals surface area (Å²) in [6.45, 7) is 2.03. The fourth-order valence-corrected chi connectivity index (χ4v) is 2.65. The molecule has 0 spiro atoms. The zero-order valence-corrected chi connectivity index (χ0v) is 11.6. The molecule has 0 radical (unpaired) electrons. The van der Waals surface area contributed by atoms with Crippen molar-refractivity contribution in [1.29, 1.82) is 0 Å². The Morgan fingerprint density at radius 3 is 2.75 bits per heavy atom. The van der Waals surface area contributed by atoms with Gasteiger partial charge in [-0.2, -0.15) is 0 Å². The van der Waals surface area contributed by atoms with Crippen LogP contribution >= 0.6 is 0 Å². The minimum Gasteiger partial charge on any atom is -0.396 e. The number of aliphatic hydroxyl groups is 1. The second-order valence-electron chi connectivity index (χ2n) is 5.75. The number of hydrogen-bond acceptors (Lipinski definition) is 4. The van der Waals surface area contributed by atoms with Gasteiger partial charge in [-0.25, -0.2) is 4.98 Å². The summed E-state index contributed by atoms with van der Waals surface area (Å²) in [6.07, 6.45) is 5.72. The monoisotopic (exact) mass is 275 g/mol. The summed E-state index contributed by atoms with van der Waals surface area (Å²) < 4.78 is 0. The van der Waals surface area contributed by atoms with E-state index < -0.39 is 0 Å². The average molecular weight is 275 g/mol. The number of aromatic nitrogens is 1. The van der Waals surface area contributed by atoms with E-state index in [9.17, 15) is 9.90 Å². The summed E-state index contributed by atoms with van der Waals surface area (Å²) in [5, 5.41) is 12.2. The summed E-state index contributed by atoms with van der Waals surface area (Å²) in [7, 11) is 0. The number of amides is 1. The van der Waals surface area contributed by atoms with E-state index in [1.54, 1.807) is 6.20 Å². The first kappa shape index (κ1) is 13.4. The van der Waals surface area contributed by atoms with Crippen molar-refractivity contribution in [3.8, 4) is 0 Å². The van der Waals surface area contributed by atoms with Gasteiger partial charge in [-0.05, 0) is 43.7 Å². The highest BCUT2D eigenvalue weighted by molar-refractivity contribution is 5.96. The lowest BCUT2D eigenvalue weighted by Gasteiger charge is -2.33. The van der Waals surface area contributed by atoms with Gasteiger partial charge in [0.05, 0.1) is 5.69 Å². The van der Waals surface area contributed by atoms with Gasteiger partial charge in [-0.15, -0.1) is 0 Å². The molecule has 0 atom stereocenters. The molecule has 1 saturated carbocycles. The molecule has 0 bridgehead atoms. The molecule has 0 unspecified atom stereocenters. The van der Waals surface area contributed by atoms with E-state index in [1.807, 2.05) is 12.1 Å². The number of hydrogen-bond donors (Lipinski definition) is 2. The molecule has 1 amide bonds. The molecule has 2 fully saturated rings. The molecular weight excluding hydrogens is 254 g/mol. The molecule has 1 aromatic heterocycles. The Labute approximate surface area is 119 Å². The number of nitrogens with one attached hydrogen (secondary N) is 1. The van der Waals surface area contributed by atoms with Crippen LogP contribution in [0.2, 0.25) is 0 Å². The Balaban J connectivity index is 1.70. The van der Waals surface area contributed by atoms with Gasteiger partial charge in [0, 0.05) is 31.8 Å². The highest BCUT2D eigenvalue weighted by atomic mass is 16.3. The molecular formula is C15H21N3O2. The van der Waals surface area contributed by atoms with Gasteiger partial charge in [0.25, 0.3) is 0 Å². The third-order valence-electron chi connectivity index (χ3n) is 4.16. The Morgan fingerprint density at radius 2 is 2.10 bits per heavy atom. The fraction of sp³-hybridized carbons (Fsp3) is 0.600. The Morgan fingerprint density at radius 1 is 1.35 bits per heavy atom. The minimum atomic E-state index is 0.115. The predicted molar refractivity (Wildman–Crippen MR) is 77.6 cm³/mol. The molecule has 108 valence electrons. The quantitative estimate of drug-likeness (QED) is 0.876. The lowest BCUT2D eigenvalue weighted by molar-refractivity contribution is -0.117. The number of nitrogens with zero attached hydrogens (tertiary/aromatic N) is 2. The van der Waals surface area contributed by atoms with Crippen LogP contribution < -0.4 is 10.2 Å². The van der Waals surface area contributed by atoms with Crippen molar-refractivity contribution in [1.82, 2.24) is 4.98 Å². The first-order valence-corrected chi connectivity index (χ1v) is 7.39. The third-order valence-corrected chi connectivity index (χ3v) is 4.16. The van der Waals surface area contributed by atoms with E-state index in [4.69, 9.17) is 0 Å². The van der Waals surface area contributed by atoms with Crippen molar-refractivity contribution < 1.29 is 9.90 Å². The van der Waals surface area contributed by atoms with Gasteiger partial charge < -0.3 is 15.3 Å². The molecule has 5 heteroatoms. The van der Waals surface area contributed by atoms with Crippen molar-refractivity contribution in [2.75, 3.05) is 29.9 Å². The lowest BCUT2D eigenvalue weighted by Crippen LogP contribution is -2.36. The van der Waals surface area contributed by atoms with Crippen LogP contribution in [0.15, 0.2) is 18.3 Å². The molecule has 5 nitrogen and oxygen atoms in total. The van der Waals surface area contributed by atoms with Gasteiger partial charge in [-0.1, -0.05) is 0 Å². The number of rotatable bonds is 4. The van der Waals surface area contributed by atoms with Crippen molar-refractivity contribution in [2.24, 2.45) is 11.8 Å². The van der Waals surface area contributed by atoms with Crippen LogP contribution in [0, 0.1) is 11.8 Å². The number of carbonyl (C=O) groups excluding carboxylic acids is 1. The third kappa shape index (κ3) is 2.93. The van der Waals surface area contributed by atoms with Crippen LogP contribution in [0.25, 0.3) is 0 Å². The molecule has 1 aliphatic carbocycles. The molecule has 1 aromatic rings. The average Bonchev–Trinajstić information content (AvgIpc) is 3.33. The van der Waals surface area contributed by atoms with Crippen LogP contribution in [0.4, 0.5) is 11.5 Å². The van der Waals surface area contributed by atoms with Crippen molar-refractivity contribution >= 4 is 17.4 Å². The Hall–Kier alpha value is -1.62. The van der Waals surface area contributed by atoms with Gasteiger partial charge in [0.15, 0.2) is 5.82 Å². The number of aliphatic hydroxyl groups excluding tert-OH is 1. The molecule has 2 N–H and O–H groups in total. The maximum Gasteiger partial charge on any atom is 0.227 e. The highest BCUT2D eigenvalue weighted by Gasteiger charge is 2.30. The molecule has 20 heavy (non-hydrogen) atoms. The van der Waals surface area contributed by atoms with E-state index in [1.165, 1.54) is 0 Å². The predicted octanol–water partition coefficient (Wildman–Crippen LogP) is 1.64. The summed E-state index contributed by atoms with van der Waals surface area (Å²) >= 11 is 0. The van der Waals surface area contributed by atoms with E-state index in [0.29, 0.717) is 5.92 Å². The maximum absolute atomic E-state index is 11.9. The van der Waals surface area contributed by atoms with Crippen LogP contribution in [-0.4, -0.2) is 35.7 Å². The number of anilines is 2. The SMILES string of the molecule is O=C(Nc1cccnc1N1CCC(CO)CC1)C1CC1. The highest BCUT2D eigenvalue weighted by Crippen LogP contribution is 2.32. The summed E-state index contributed by atoms with van der Waals surface area (Å²) in [5.41, 5.74) is 0.812. The zero-order chi connectivity index (χ0) is 13.9. The number of piperidine rings is 1. The largest absolute Gasteiger partial charge is 0.396 e. The summed E-state index contributed by atoms with van der Waals surface area (Å²) in [6, 6.07) is 3.77. The molecule has 1 aliphatic heterocycles. The molecule has 3 rings (SSSR count). The fourth-order valence-electron chi connectivity index (χ4n) is 2.65. The lowest BCUT2D eigenvalue weighted by atomic mass is 9.98. The molecule has 1 saturated heterocycles. The Kier molecular flexibility index (Phi) is 3.87. The zero-order valence-electron chi connectivity index (χ0n) is 11.6. The number of carbonyl (C=O) groups is 1. The van der Waals surface area contributed by atoms with Crippen LogP contribution in [0.1, 0.15) is 25.7 Å². The summed E-state index contributed by atoms with van der Waals surface area (Å²) in [4.78, 5) is 18.6. The van der Waals surface area contributed by atoms with Crippen LogP contribution in [-0.2, 0) is 4.79 Å². The smallest absolute Gasteiger partial charge is 0.227 e. The second kappa shape index (κ2) is 5.79. The maximum atomic E-state index is 11.9. The second-order valence-corrected chi connectivity index (χ2v) is 5.75. The van der Waals surface area contributed by atoms with Crippen molar-refractivity contribution in [2.45, 2.75) is 25.7 Å². The first-order chi connectivity index (χ1) is 9.78. The van der Waals surface area contributed by atoms with E-state index in [0.717, 1.165) is 50.3 Å². The van der Waals surface area contributed by atoms with Gasteiger partial charge in [-0.3, -0.25) is 4.79 Å². The minimum absolute atomic E-state index is 0.115. The molecule has 2 heterocycles. The summed E-state index contributed by atoms with van der Waals surface area (Å²) in [5.74, 6) is 1.57. The number of pyridine rings is 1. The van der Waals surface area contributed by atoms with Gasteiger partial charge in [0.2, 0.25) is 5.91 Å².